The third-order valence-corrected chi connectivity index (χ3v) is 4.46. The molecule has 1 aliphatic rings. The number of methoxy groups -OCH3 is 1. The Bertz CT molecular complexity index is 706. The second-order valence-electron chi connectivity index (χ2n) is 6.29. The molecule has 0 bridgehead atoms. The lowest BCUT2D eigenvalue weighted by atomic mass is 10.1. The number of benzene rings is 2. The van der Waals surface area contributed by atoms with Crippen LogP contribution in [0.15, 0.2) is 48.5 Å². The molecule has 0 unspecified atom stereocenters. The van der Waals surface area contributed by atoms with Crippen molar-refractivity contribution in [1.29, 1.82) is 0 Å². The van der Waals surface area contributed by atoms with Crippen LogP contribution in [0.1, 0.15) is 21.5 Å². The monoisotopic (exact) mass is 324 g/mol. The summed E-state index contributed by atoms with van der Waals surface area (Å²) in [4.78, 5) is 16.9. The SMILES string of the molecule is COc1cccc(CN2CCN(C(=O)c3cccc(C)c3)CC2)c1. The smallest absolute Gasteiger partial charge is 0.253 e. The number of piperazine rings is 1. The first-order chi connectivity index (χ1) is 11.7. The van der Waals surface area contributed by atoms with E-state index in [1.165, 1.54) is 5.56 Å². The first-order valence-corrected chi connectivity index (χ1v) is 8.37. The van der Waals surface area contributed by atoms with Gasteiger partial charge < -0.3 is 9.64 Å². The van der Waals surface area contributed by atoms with Crippen LogP contribution >= 0.6 is 0 Å². The van der Waals surface area contributed by atoms with Gasteiger partial charge in [-0.15, -0.1) is 0 Å². The molecule has 4 heteroatoms. The third kappa shape index (κ3) is 3.95. The molecule has 2 aromatic carbocycles. The van der Waals surface area contributed by atoms with Crippen LogP contribution in [-0.4, -0.2) is 49.0 Å². The van der Waals surface area contributed by atoms with Crippen molar-refractivity contribution in [3.05, 3.63) is 65.2 Å². The zero-order chi connectivity index (χ0) is 16.9. The molecule has 1 saturated heterocycles. The average Bonchev–Trinajstić information content (AvgIpc) is 2.62. The van der Waals surface area contributed by atoms with Crippen molar-refractivity contribution < 1.29 is 9.53 Å². The highest BCUT2D eigenvalue weighted by Crippen LogP contribution is 2.16. The Balaban J connectivity index is 1.56. The average molecular weight is 324 g/mol. The standard InChI is InChI=1S/C20H24N2O2/c1-16-5-3-7-18(13-16)20(23)22-11-9-21(10-12-22)15-17-6-4-8-19(14-17)24-2/h3-8,13-14H,9-12,15H2,1-2H3. The second-order valence-corrected chi connectivity index (χ2v) is 6.29. The van der Waals surface area contributed by atoms with Crippen LogP contribution in [0.3, 0.4) is 0 Å². The molecule has 0 N–H and O–H groups in total. The van der Waals surface area contributed by atoms with E-state index in [1.54, 1.807) is 7.11 Å². The number of carbonyl (C=O) groups is 1. The number of hydrogen-bond acceptors (Lipinski definition) is 3. The van der Waals surface area contributed by atoms with E-state index in [4.69, 9.17) is 4.74 Å². The summed E-state index contributed by atoms with van der Waals surface area (Å²) >= 11 is 0. The fraction of sp³-hybridized carbons (Fsp3) is 0.350. The van der Waals surface area contributed by atoms with Crippen molar-refractivity contribution in [2.24, 2.45) is 0 Å². The van der Waals surface area contributed by atoms with Gasteiger partial charge in [0.25, 0.3) is 5.91 Å². The van der Waals surface area contributed by atoms with Crippen molar-refractivity contribution in [1.82, 2.24) is 9.80 Å². The van der Waals surface area contributed by atoms with Gasteiger partial charge >= 0.3 is 0 Å². The van der Waals surface area contributed by atoms with Crippen LogP contribution in [0.5, 0.6) is 5.75 Å². The number of aryl methyl sites for hydroxylation is 1. The molecule has 2 aromatic rings. The lowest BCUT2D eigenvalue weighted by Crippen LogP contribution is -2.48. The minimum absolute atomic E-state index is 0.139. The lowest BCUT2D eigenvalue weighted by Gasteiger charge is -2.34. The third-order valence-electron chi connectivity index (χ3n) is 4.46. The molecule has 0 atom stereocenters. The summed E-state index contributed by atoms with van der Waals surface area (Å²) in [5.41, 5.74) is 3.15. The van der Waals surface area contributed by atoms with Gasteiger partial charge in [-0.2, -0.15) is 0 Å². The molecule has 1 fully saturated rings. The molecule has 0 aliphatic carbocycles. The Morgan fingerprint density at radius 1 is 1.04 bits per heavy atom. The van der Waals surface area contributed by atoms with Crippen molar-refractivity contribution >= 4 is 5.91 Å². The lowest BCUT2D eigenvalue weighted by molar-refractivity contribution is 0.0628. The molecule has 0 spiro atoms. The number of rotatable bonds is 4. The first-order valence-electron chi connectivity index (χ1n) is 8.37. The molecule has 1 aliphatic heterocycles. The number of carbonyl (C=O) groups excluding carboxylic acids is 1. The van der Waals surface area contributed by atoms with Crippen LogP contribution in [0, 0.1) is 6.92 Å². The van der Waals surface area contributed by atoms with Gasteiger partial charge in [-0.05, 0) is 36.8 Å². The summed E-state index contributed by atoms with van der Waals surface area (Å²) in [6.07, 6.45) is 0. The Hall–Kier alpha value is -2.33. The normalized spacial score (nSPS) is 15.3. The Morgan fingerprint density at radius 3 is 2.50 bits per heavy atom. The van der Waals surface area contributed by atoms with Crippen molar-refractivity contribution in [3.8, 4) is 5.75 Å². The quantitative estimate of drug-likeness (QED) is 0.867. The molecule has 1 heterocycles. The van der Waals surface area contributed by atoms with Gasteiger partial charge in [0.2, 0.25) is 0 Å². The highest BCUT2D eigenvalue weighted by Gasteiger charge is 2.22. The highest BCUT2D eigenvalue weighted by molar-refractivity contribution is 5.94. The topological polar surface area (TPSA) is 32.8 Å². The number of nitrogens with zero attached hydrogens (tertiary/aromatic N) is 2. The molecule has 0 saturated carbocycles. The maximum atomic E-state index is 12.6. The molecule has 24 heavy (non-hydrogen) atoms. The zero-order valence-corrected chi connectivity index (χ0v) is 14.4. The minimum atomic E-state index is 0.139. The highest BCUT2D eigenvalue weighted by atomic mass is 16.5. The minimum Gasteiger partial charge on any atom is -0.497 e. The van der Waals surface area contributed by atoms with Gasteiger partial charge in [0, 0.05) is 38.3 Å². The number of amides is 1. The Kier molecular flexibility index (Phi) is 5.16. The van der Waals surface area contributed by atoms with E-state index in [9.17, 15) is 4.79 Å². The molecule has 4 nitrogen and oxygen atoms in total. The first kappa shape index (κ1) is 16.5. The fourth-order valence-electron chi connectivity index (χ4n) is 3.10. The van der Waals surface area contributed by atoms with Crippen molar-refractivity contribution in [2.45, 2.75) is 13.5 Å². The second kappa shape index (κ2) is 7.49. The molecule has 3 rings (SSSR count). The maximum absolute atomic E-state index is 12.6. The van der Waals surface area contributed by atoms with Crippen molar-refractivity contribution in [3.63, 3.8) is 0 Å². The molecule has 0 radical (unpaired) electrons. The summed E-state index contributed by atoms with van der Waals surface area (Å²) in [7, 11) is 1.69. The Morgan fingerprint density at radius 2 is 1.79 bits per heavy atom. The molecular formula is C20H24N2O2. The summed E-state index contributed by atoms with van der Waals surface area (Å²) in [5.74, 6) is 1.03. The predicted octanol–water partition coefficient (Wildman–Crippen LogP) is 2.96. The van der Waals surface area contributed by atoms with Gasteiger partial charge in [-0.3, -0.25) is 9.69 Å². The van der Waals surface area contributed by atoms with E-state index in [2.05, 4.69) is 17.0 Å². The molecule has 1 amide bonds. The Labute approximate surface area is 143 Å². The van der Waals surface area contributed by atoms with Crippen molar-refractivity contribution in [2.75, 3.05) is 33.3 Å². The molecule has 0 aromatic heterocycles. The summed E-state index contributed by atoms with van der Waals surface area (Å²) in [6, 6.07) is 16.0. The van der Waals surface area contributed by atoms with E-state index in [-0.39, 0.29) is 5.91 Å². The molecular weight excluding hydrogens is 300 g/mol. The number of ether oxygens (including phenoxy) is 1. The summed E-state index contributed by atoms with van der Waals surface area (Å²) in [6.45, 7) is 6.25. The van der Waals surface area contributed by atoms with E-state index in [0.717, 1.165) is 49.6 Å². The van der Waals surface area contributed by atoms with Gasteiger partial charge in [0.15, 0.2) is 0 Å². The van der Waals surface area contributed by atoms with Crippen LogP contribution in [0.2, 0.25) is 0 Å². The van der Waals surface area contributed by atoms with Gasteiger partial charge in [0.1, 0.15) is 5.75 Å². The van der Waals surface area contributed by atoms with Crippen LogP contribution in [0.4, 0.5) is 0 Å². The summed E-state index contributed by atoms with van der Waals surface area (Å²) in [5, 5.41) is 0. The predicted molar refractivity (Wildman–Crippen MR) is 95.4 cm³/mol. The van der Waals surface area contributed by atoms with E-state index >= 15 is 0 Å². The largest absolute Gasteiger partial charge is 0.497 e. The van der Waals surface area contributed by atoms with E-state index < -0.39 is 0 Å². The van der Waals surface area contributed by atoms with Gasteiger partial charge in [0.05, 0.1) is 7.11 Å². The zero-order valence-electron chi connectivity index (χ0n) is 14.4. The van der Waals surface area contributed by atoms with Crippen LogP contribution < -0.4 is 4.74 Å². The van der Waals surface area contributed by atoms with E-state index in [1.807, 2.05) is 48.2 Å². The fourth-order valence-corrected chi connectivity index (χ4v) is 3.10. The van der Waals surface area contributed by atoms with Crippen LogP contribution in [0.25, 0.3) is 0 Å². The van der Waals surface area contributed by atoms with Gasteiger partial charge in [-0.25, -0.2) is 0 Å². The summed E-state index contributed by atoms with van der Waals surface area (Å²) < 4.78 is 5.28. The molecule has 126 valence electrons. The number of hydrogen-bond donors (Lipinski definition) is 0. The van der Waals surface area contributed by atoms with Gasteiger partial charge in [-0.1, -0.05) is 29.8 Å². The van der Waals surface area contributed by atoms with Crippen LogP contribution in [-0.2, 0) is 6.54 Å². The van der Waals surface area contributed by atoms with E-state index in [0.29, 0.717) is 0 Å². The maximum Gasteiger partial charge on any atom is 0.253 e.